The lowest BCUT2D eigenvalue weighted by Gasteiger charge is -2.33. The van der Waals surface area contributed by atoms with Gasteiger partial charge >= 0.3 is 0 Å². The molecular weight excluding hydrogens is 534 g/mol. The second-order valence-corrected chi connectivity index (χ2v) is 23.7. The second kappa shape index (κ2) is 19.5. The Morgan fingerprint density at radius 3 is 0.850 bits per heavy atom. The largest absolute Gasteiger partial charge is 0.302 e. The first-order valence-electron chi connectivity index (χ1n) is 17.2. The van der Waals surface area contributed by atoms with E-state index in [0.717, 1.165) is 0 Å². The average molecular weight is 598 g/mol. The molecule has 0 bridgehead atoms. The standard InChI is InChI=1S/C36H64NPSi2/c1-7-13-27-39(28-14-8-2,29-15-9-3)35-23-19-33(20-24-35)38(37)34-21-25-36(26-22-34)40(30-16-10-4,31-17-11-5)32-18-12-6/h19-26H,7-18,27-32,37H2,1-6H3. The highest BCUT2D eigenvalue weighted by Crippen LogP contribution is 2.31. The molecule has 0 atom stereocenters. The van der Waals surface area contributed by atoms with Crippen molar-refractivity contribution in [2.75, 3.05) is 0 Å². The first-order chi connectivity index (χ1) is 19.5. The molecule has 0 aliphatic rings. The van der Waals surface area contributed by atoms with Gasteiger partial charge in [0.15, 0.2) is 0 Å². The number of unbranched alkanes of at least 4 members (excludes halogenated alkanes) is 6. The number of hydrogen-bond donors (Lipinski definition) is 1. The Labute approximate surface area is 253 Å². The van der Waals surface area contributed by atoms with Crippen molar-refractivity contribution < 1.29 is 0 Å². The van der Waals surface area contributed by atoms with Crippen LogP contribution in [0.5, 0.6) is 0 Å². The maximum atomic E-state index is 7.00. The highest BCUT2D eigenvalue weighted by Gasteiger charge is 2.34. The smallest absolute Gasteiger partial charge is 0.0867 e. The Morgan fingerprint density at radius 2 is 0.650 bits per heavy atom. The van der Waals surface area contributed by atoms with E-state index < -0.39 is 24.2 Å². The van der Waals surface area contributed by atoms with E-state index in [1.807, 2.05) is 0 Å². The summed E-state index contributed by atoms with van der Waals surface area (Å²) < 4.78 is 0. The lowest BCUT2D eigenvalue weighted by atomic mass is 10.3. The summed E-state index contributed by atoms with van der Waals surface area (Å²) in [6.07, 6.45) is 16.2. The Hall–Kier alpha value is -0.736. The number of benzene rings is 2. The molecule has 2 N–H and O–H groups in total. The van der Waals surface area contributed by atoms with Crippen LogP contribution in [-0.4, -0.2) is 16.1 Å². The number of nitrogens with two attached hydrogens (primary N) is 1. The van der Waals surface area contributed by atoms with Gasteiger partial charge in [-0.1, -0.05) is 214 Å². The molecule has 0 aliphatic carbocycles. The third-order valence-corrected chi connectivity index (χ3v) is 22.3. The van der Waals surface area contributed by atoms with E-state index in [2.05, 4.69) is 90.1 Å². The van der Waals surface area contributed by atoms with Gasteiger partial charge in [0.05, 0.1) is 16.1 Å². The Balaban J connectivity index is 2.32. The van der Waals surface area contributed by atoms with Crippen molar-refractivity contribution >= 4 is 45.2 Å². The molecule has 2 aromatic carbocycles. The van der Waals surface area contributed by atoms with Gasteiger partial charge in [0.2, 0.25) is 0 Å². The van der Waals surface area contributed by atoms with Crippen molar-refractivity contribution in [1.82, 2.24) is 0 Å². The number of hydrogen-bond acceptors (Lipinski definition) is 1. The van der Waals surface area contributed by atoms with E-state index >= 15 is 0 Å². The third-order valence-electron chi connectivity index (χ3n) is 9.57. The molecule has 0 heterocycles. The van der Waals surface area contributed by atoms with Crippen LogP contribution in [0.25, 0.3) is 0 Å². The summed E-state index contributed by atoms with van der Waals surface area (Å²) in [4.78, 5) is 0. The highest BCUT2D eigenvalue weighted by molar-refractivity contribution is 7.70. The zero-order chi connectivity index (χ0) is 29.3. The molecule has 0 aromatic heterocycles. The fraction of sp³-hybridized carbons (Fsp3) is 0.667. The number of rotatable bonds is 22. The van der Waals surface area contributed by atoms with E-state index in [9.17, 15) is 0 Å². The predicted octanol–water partition coefficient (Wildman–Crippen LogP) is 10.1. The van der Waals surface area contributed by atoms with Crippen LogP contribution >= 0.6 is 8.07 Å². The first-order valence-corrected chi connectivity index (χ1v) is 23.9. The van der Waals surface area contributed by atoms with Gasteiger partial charge in [-0.25, -0.2) is 0 Å². The summed E-state index contributed by atoms with van der Waals surface area (Å²) in [5, 5.41) is 6.07. The quantitative estimate of drug-likeness (QED) is 0.106. The van der Waals surface area contributed by atoms with Crippen LogP contribution in [0.3, 0.4) is 0 Å². The summed E-state index contributed by atoms with van der Waals surface area (Å²) in [5.41, 5.74) is 7.00. The molecule has 0 fully saturated rings. The maximum Gasteiger partial charge on any atom is 0.0867 e. The highest BCUT2D eigenvalue weighted by atomic mass is 31.1. The molecule has 0 aliphatic heterocycles. The SMILES string of the molecule is CCCC[Si](CCCC)(CCCC)c1ccc(P(N)c2ccc([Si](CCCC)(CCCC)CCCC)cc2)cc1. The van der Waals surface area contributed by atoms with Crippen LogP contribution in [-0.2, 0) is 0 Å². The minimum absolute atomic E-state index is 0.802. The Morgan fingerprint density at radius 1 is 0.425 bits per heavy atom. The Kier molecular flexibility index (Phi) is 17.2. The molecular formula is C36H64NPSi2. The van der Waals surface area contributed by atoms with Gasteiger partial charge in [0.1, 0.15) is 0 Å². The minimum atomic E-state index is -1.46. The maximum absolute atomic E-state index is 7.00. The fourth-order valence-corrected chi connectivity index (χ4v) is 19.2. The summed E-state index contributed by atoms with van der Waals surface area (Å²) in [5.74, 6) is 0. The van der Waals surface area contributed by atoms with Crippen LogP contribution < -0.4 is 26.5 Å². The van der Waals surface area contributed by atoms with E-state index in [-0.39, 0.29) is 0 Å². The monoisotopic (exact) mass is 597 g/mol. The zero-order valence-corrected chi connectivity index (χ0v) is 30.3. The molecule has 4 heteroatoms. The van der Waals surface area contributed by atoms with Gasteiger partial charge in [-0.05, 0) is 10.6 Å². The van der Waals surface area contributed by atoms with Crippen molar-refractivity contribution in [3.8, 4) is 0 Å². The van der Waals surface area contributed by atoms with Crippen LogP contribution in [0.2, 0.25) is 36.3 Å². The Bertz CT molecular complexity index is 792. The molecule has 2 aromatic rings. The molecule has 40 heavy (non-hydrogen) atoms. The van der Waals surface area contributed by atoms with Gasteiger partial charge < -0.3 is 5.50 Å². The predicted molar refractivity (Wildman–Crippen MR) is 192 cm³/mol. The van der Waals surface area contributed by atoms with E-state index in [1.54, 1.807) is 10.4 Å². The van der Waals surface area contributed by atoms with Gasteiger partial charge in [0.25, 0.3) is 0 Å². The minimum Gasteiger partial charge on any atom is -0.302 e. The molecule has 0 saturated carbocycles. The molecule has 1 nitrogen and oxygen atoms in total. The van der Waals surface area contributed by atoms with Crippen molar-refractivity contribution in [3.63, 3.8) is 0 Å². The molecule has 0 saturated heterocycles. The molecule has 0 unspecified atom stereocenters. The topological polar surface area (TPSA) is 26.0 Å². The van der Waals surface area contributed by atoms with Gasteiger partial charge in [-0.2, -0.15) is 0 Å². The van der Waals surface area contributed by atoms with Gasteiger partial charge in [-0.15, -0.1) is 0 Å². The van der Waals surface area contributed by atoms with Crippen molar-refractivity contribution in [3.05, 3.63) is 48.5 Å². The van der Waals surface area contributed by atoms with Crippen LogP contribution in [0.15, 0.2) is 48.5 Å². The average Bonchev–Trinajstić information content (AvgIpc) is 3.00. The van der Waals surface area contributed by atoms with Crippen LogP contribution in [0.1, 0.15) is 119 Å². The summed E-state index contributed by atoms with van der Waals surface area (Å²) in [7, 11) is -3.73. The van der Waals surface area contributed by atoms with E-state index in [1.165, 1.54) is 124 Å². The fourth-order valence-electron chi connectivity index (χ4n) is 6.81. The molecule has 2 rings (SSSR count). The van der Waals surface area contributed by atoms with Crippen molar-refractivity contribution in [1.29, 1.82) is 0 Å². The van der Waals surface area contributed by atoms with Crippen molar-refractivity contribution in [2.24, 2.45) is 5.50 Å². The first kappa shape index (κ1) is 35.5. The molecule has 0 amide bonds. The molecule has 0 spiro atoms. The molecule has 0 radical (unpaired) electrons. The normalized spacial score (nSPS) is 12.4. The lowest BCUT2D eigenvalue weighted by molar-refractivity contribution is 0.800. The summed E-state index contributed by atoms with van der Waals surface area (Å²) >= 11 is 0. The summed E-state index contributed by atoms with van der Waals surface area (Å²) in [6, 6.07) is 28.4. The van der Waals surface area contributed by atoms with Crippen molar-refractivity contribution in [2.45, 2.75) is 155 Å². The van der Waals surface area contributed by atoms with E-state index in [4.69, 9.17) is 5.50 Å². The third kappa shape index (κ3) is 10.2. The van der Waals surface area contributed by atoms with Crippen LogP contribution in [0.4, 0.5) is 0 Å². The van der Waals surface area contributed by atoms with Crippen LogP contribution in [0, 0.1) is 0 Å². The molecule has 226 valence electrons. The summed E-state index contributed by atoms with van der Waals surface area (Å²) in [6.45, 7) is 14.2. The second-order valence-electron chi connectivity index (χ2n) is 12.6. The zero-order valence-electron chi connectivity index (χ0n) is 27.4. The lowest BCUT2D eigenvalue weighted by Crippen LogP contribution is -2.48. The van der Waals surface area contributed by atoms with Gasteiger partial charge in [0, 0.05) is 8.07 Å². The van der Waals surface area contributed by atoms with Gasteiger partial charge in [-0.3, -0.25) is 0 Å². The van der Waals surface area contributed by atoms with E-state index in [0.29, 0.717) is 0 Å².